The summed E-state index contributed by atoms with van der Waals surface area (Å²) in [6.07, 6.45) is 0.724. The lowest BCUT2D eigenvalue weighted by molar-refractivity contribution is -0.186. The third-order valence-corrected chi connectivity index (χ3v) is 0.884. The Bertz CT molecular complexity index is 183. The number of ether oxygens (including phenoxy) is 1. The SMILES string of the molecule is CCCC(=O)OC(N)(O)C#N. The van der Waals surface area contributed by atoms with E-state index in [0.717, 1.165) is 0 Å². The van der Waals surface area contributed by atoms with Crippen molar-refractivity contribution in [3.63, 3.8) is 0 Å². The minimum absolute atomic E-state index is 0.140. The van der Waals surface area contributed by atoms with Crippen LogP contribution in [0.2, 0.25) is 0 Å². The second-order valence-corrected chi connectivity index (χ2v) is 2.03. The van der Waals surface area contributed by atoms with Crippen LogP contribution >= 0.6 is 0 Å². The number of nitriles is 1. The monoisotopic (exact) mass is 158 g/mol. The fraction of sp³-hybridized carbons (Fsp3) is 0.667. The number of nitrogens with zero attached hydrogens (tertiary/aromatic N) is 1. The molecule has 0 rings (SSSR count). The third kappa shape index (κ3) is 4.31. The number of hydrogen-bond acceptors (Lipinski definition) is 5. The molecular weight excluding hydrogens is 148 g/mol. The lowest BCUT2D eigenvalue weighted by atomic mass is 10.3. The highest BCUT2D eigenvalue weighted by molar-refractivity contribution is 5.69. The number of hydrogen-bond donors (Lipinski definition) is 2. The van der Waals surface area contributed by atoms with Crippen molar-refractivity contribution in [2.75, 3.05) is 0 Å². The van der Waals surface area contributed by atoms with E-state index in [1.165, 1.54) is 6.07 Å². The highest BCUT2D eigenvalue weighted by Gasteiger charge is 2.24. The van der Waals surface area contributed by atoms with Gasteiger partial charge in [-0.15, -0.1) is 0 Å². The van der Waals surface area contributed by atoms with E-state index in [1.807, 2.05) is 0 Å². The zero-order valence-electron chi connectivity index (χ0n) is 6.20. The van der Waals surface area contributed by atoms with Crippen LogP contribution in [0.4, 0.5) is 0 Å². The summed E-state index contributed by atoms with van der Waals surface area (Å²) >= 11 is 0. The lowest BCUT2D eigenvalue weighted by Gasteiger charge is -2.13. The molecule has 3 N–H and O–H groups in total. The molecule has 0 radical (unpaired) electrons. The highest BCUT2D eigenvalue weighted by Crippen LogP contribution is 1.99. The van der Waals surface area contributed by atoms with Gasteiger partial charge in [-0.3, -0.25) is 10.5 Å². The van der Waals surface area contributed by atoms with Gasteiger partial charge in [-0.05, 0) is 6.42 Å². The first-order valence-corrected chi connectivity index (χ1v) is 3.16. The van der Waals surface area contributed by atoms with Crippen LogP contribution in [-0.2, 0) is 9.53 Å². The van der Waals surface area contributed by atoms with E-state index in [4.69, 9.17) is 16.1 Å². The molecule has 1 atom stereocenters. The number of nitrogens with two attached hydrogens (primary N) is 1. The molecule has 0 aliphatic rings. The van der Waals surface area contributed by atoms with E-state index >= 15 is 0 Å². The number of rotatable bonds is 3. The molecule has 0 spiro atoms. The minimum Gasteiger partial charge on any atom is -0.406 e. The zero-order valence-corrected chi connectivity index (χ0v) is 6.20. The summed E-state index contributed by atoms with van der Waals surface area (Å²) in [7, 11) is 0. The van der Waals surface area contributed by atoms with Gasteiger partial charge in [0.25, 0.3) is 0 Å². The fourth-order valence-corrected chi connectivity index (χ4v) is 0.452. The van der Waals surface area contributed by atoms with E-state index in [-0.39, 0.29) is 6.42 Å². The quantitative estimate of drug-likeness (QED) is 0.326. The first-order valence-electron chi connectivity index (χ1n) is 3.16. The van der Waals surface area contributed by atoms with Crippen molar-refractivity contribution in [2.45, 2.75) is 25.7 Å². The number of aliphatic hydroxyl groups is 1. The normalized spacial score (nSPS) is 14.7. The van der Waals surface area contributed by atoms with Gasteiger partial charge in [-0.2, -0.15) is 5.26 Å². The first-order chi connectivity index (χ1) is 5.02. The van der Waals surface area contributed by atoms with E-state index in [2.05, 4.69) is 4.74 Å². The van der Waals surface area contributed by atoms with Crippen molar-refractivity contribution >= 4 is 5.97 Å². The molecule has 0 fully saturated rings. The molecule has 0 aromatic heterocycles. The topological polar surface area (TPSA) is 96.3 Å². The Balaban J connectivity index is 3.86. The van der Waals surface area contributed by atoms with E-state index in [0.29, 0.717) is 6.42 Å². The van der Waals surface area contributed by atoms with E-state index in [9.17, 15) is 4.79 Å². The molecule has 0 saturated heterocycles. The van der Waals surface area contributed by atoms with Gasteiger partial charge >= 0.3 is 11.9 Å². The van der Waals surface area contributed by atoms with Crippen LogP contribution in [0.15, 0.2) is 0 Å². The number of esters is 1. The number of carbonyl (C=O) groups is 1. The summed E-state index contributed by atoms with van der Waals surface area (Å²) in [5, 5.41) is 16.8. The Morgan fingerprint density at radius 2 is 2.45 bits per heavy atom. The molecular formula is C6H10N2O3. The average molecular weight is 158 g/mol. The van der Waals surface area contributed by atoms with Gasteiger partial charge in [0.1, 0.15) is 0 Å². The molecule has 11 heavy (non-hydrogen) atoms. The fourth-order valence-electron chi connectivity index (χ4n) is 0.452. The Labute approximate surface area is 64.4 Å². The molecule has 0 heterocycles. The van der Waals surface area contributed by atoms with Crippen LogP contribution in [0.1, 0.15) is 19.8 Å². The molecule has 0 amide bonds. The predicted octanol–water partition coefficient (Wildman–Crippen LogP) is -0.542. The Morgan fingerprint density at radius 3 is 2.82 bits per heavy atom. The molecule has 0 saturated carbocycles. The van der Waals surface area contributed by atoms with Crippen LogP contribution in [0.5, 0.6) is 0 Å². The predicted molar refractivity (Wildman–Crippen MR) is 35.8 cm³/mol. The maximum atomic E-state index is 10.6. The second kappa shape index (κ2) is 3.91. The van der Waals surface area contributed by atoms with Gasteiger partial charge in [0.15, 0.2) is 6.07 Å². The zero-order chi connectivity index (χ0) is 8.91. The van der Waals surface area contributed by atoms with Gasteiger partial charge in [-0.1, -0.05) is 6.92 Å². The highest BCUT2D eigenvalue weighted by atomic mass is 16.7. The molecule has 1 unspecified atom stereocenters. The summed E-state index contributed by atoms with van der Waals surface area (Å²) in [6.45, 7) is 1.77. The van der Waals surface area contributed by atoms with Crippen molar-refractivity contribution in [3.05, 3.63) is 0 Å². The van der Waals surface area contributed by atoms with Crippen LogP contribution < -0.4 is 5.73 Å². The van der Waals surface area contributed by atoms with Gasteiger partial charge < -0.3 is 9.84 Å². The Kier molecular flexibility index (Phi) is 3.51. The van der Waals surface area contributed by atoms with Crippen molar-refractivity contribution in [2.24, 2.45) is 5.73 Å². The standard InChI is InChI=1S/C6H10N2O3/c1-2-3-5(9)11-6(8,10)4-7/h10H,2-3,8H2,1H3. The van der Waals surface area contributed by atoms with Gasteiger partial charge in [-0.25, -0.2) is 0 Å². The molecule has 5 heteroatoms. The molecule has 0 aromatic rings. The molecule has 0 aliphatic heterocycles. The van der Waals surface area contributed by atoms with Crippen LogP contribution in [0.25, 0.3) is 0 Å². The maximum Gasteiger partial charge on any atom is 0.361 e. The molecule has 0 aliphatic carbocycles. The summed E-state index contributed by atoms with van der Waals surface area (Å²) in [5.41, 5.74) is 4.80. The maximum absolute atomic E-state index is 10.6. The van der Waals surface area contributed by atoms with Crippen molar-refractivity contribution < 1.29 is 14.6 Å². The summed E-state index contributed by atoms with van der Waals surface area (Å²) in [5.74, 6) is -3.16. The lowest BCUT2D eigenvalue weighted by Crippen LogP contribution is -2.42. The van der Waals surface area contributed by atoms with Gasteiger partial charge in [0.2, 0.25) is 0 Å². The minimum atomic E-state index is -2.48. The molecule has 0 bridgehead atoms. The van der Waals surface area contributed by atoms with Crippen LogP contribution in [0, 0.1) is 11.3 Å². The van der Waals surface area contributed by atoms with Crippen molar-refractivity contribution in [1.29, 1.82) is 5.26 Å². The van der Waals surface area contributed by atoms with Gasteiger partial charge in [0.05, 0.1) is 0 Å². The average Bonchev–Trinajstić information content (AvgIpc) is 1.87. The van der Waals surface area contributed by atoms with E-state index in [1.54, 1.807) is 6.92 Å². The summed E-state index contributed by atoms with van der Waals surface area (Å²) < 4.78 is 4.16. The summed E-state index contributed by atoms with van der Waals surface area (Å²) in [4.78, 5) is 10.6. The Morgan fingerprint density at radius 1 is 1.91 bits per heavy atom. The third-order valence-electron chi connectivity index (χ3n) is 0.884. The molecule has 62 valence electrons. The van der Waals surface area contributed by atoms with Crippen LogP contribution in [-0.4, -0.2) is 17.0 Å². The van der Waals surface area contributed by atoms with Crippen molar-refractivity contribution in [1.82, 2.24) is 0 Å². The largest absolute Gasteiger partial charge is 0.406 e. The Hall–Kier alpha value is -1.12. The number of carbonyl (C=O) groups excluding carboxylic acids is 1. The first kappa shape index (κ1) is 9.88. The molecule has 5 nitrogen and oxygen atoms in total. The summed E-state index contributed by atoms with van der Waals surface area (Å²) in [6, 6.07) is 1.22. The second-order valence-electron chi connectivity index (χ2n) is 2.03. The van der Waals surface area contributed by atoms with Gasteiger partial charge in [0, 0.05) is 6.42 Å². The van der Waals surface area contributed by atoms with Crippen molar-refractivity contribution in [3.8, 4) is 6.07 Å². The smallest absolute Gasteiger partial charge is 0.361 e. The molecule has 0 aromatic carbocycles. The van der Waals surface area contributed by atoms with E-state index < -0.39 is 11.9 Å². The van der Waals surface area contributed by atoms with Crippen LogP contribution in [0.3, 0.4) is 0 Å².